The molecule has 25 heavy (non-hydrogen) atoms. The Hall–Kier alpha value is -1.87. The Labute approximate surface area is 156 Å². The molecule has 1 fully saturated rings. The van der Waals surface area contributed by atoms with Crippen molar-refractivity contribution in [3.63, 3.8) is 0 Å². The van der Waals surface area contributed by atoms with Gasteiger partial charge in [-0.25, -0.2) is 4.98 Å². The summed E-state index contributed by atoms with van der Waals surface area (Å²) < 4.78 is 1.29. The van der Waals surface area contributed by atoms with Gasteiger partial charge in [-0.3, -0.25) is 0 Å². The molecule has 128 valence electrons. The molecule has 4 rings (SSSR count). The van der Waals surface area contributed by atoms with Crippen molar-refractivity contribution in [2.24, 2.45) is 0 Å². The summed E-state index contributed by atoms with van der Waals surface area (Å²) in [6.07, 6.45) is 2.39. The summed E-state index contributed by atoms with van der Waals surface area (Å²) in [7, 11) is 2.20. The Kier molecular flexibility index (Phi) is 4.76. The number of likely N-dealkylation sites (tertiary alicyclic amines) is 1. The lowest BCUT2D eigenvalue weighted by atomic mass is 10.0. The van der Waals surface area contributed by atoms with Crippen LogP contribution >= 0.6 is 22.7 Å². The molecule has 0 unspecified atom stereocenters. The van der Waals surface area contributed by atoms with E-state index in [1.165, 1.54) is 34.2 Å². The van der Waals surface area contributed by atoms with Gasteiger partial charge in [0, 0.05) is 22.4 Å². The van der Waals surface area contributed by atoms with Gasteiger partial charge in [-0.1, -0.05) is 18.1 Å². The molecule has 3 heterocycles. The molecule has 0 amide bonds. The summed E-state index contributed by atoms with van der Waals surface area (Å²) in [6.45, 7) is 4.22. The molecular formula is C20H21N3S2. The third kappa shape index (κ3) is 3.30. The van der Waals surface area contributed by atoms with Crippen LogP contribution in [-0.2, 0) is 0 Å². The maximum atomic E-state index is 4.54. The van der Waals surface area contributed by atoms with Crippen molar-refractivity contribution in [1.82, 2.24) is 9.88 Å². The fraction of sp³-hybridized carbons (Fsp3) is 0.350. The van der Waals surface area contributed by atoms with Crippen LogP contribution < -0.4 is 5.32 Å². The van der Waals surface area contributed by atoms with Gasteiger partial charge in [-0.15, -0.1) is 28.6 Å². The van der Waals surface area contributed by atoms with Crippen LogP contribution in [0.15, 0.2) is 29.1 Å². The minimum absolute atomic E-state index is 0.548. The first-order valence-electron chi connectivity index (χ1n) is 8.58. The number of nitrogens with one attached hydrogen (secondary N) is 1. The molecule has 0 atom stereocenters. The number of thiazole rings is 1. The van der Waals surface area contributed by atoms with E-state index in [4.69, 9.17) is 0 Å². The predicted molar refractivity (Wildman–Crippen MR) is 110 cm³/mol. The minimum Gasteiger partial charge on any atom is -0.381 e. The first-order chi connectivity index (χ1) is 12.3. The summed E-state index contributed by atoms with van der Waals surface area (Å²) in [5.74, 6) is 6.35. The largest absolute Gasteiger partial charge is 0.381 e. The van der Waals surface area contributed by atoms with Gasteiger partial charge in [0.15, 0.2) is 0 Å². The highest BCUT2D eigenvalue weighted by molar-refractivity contribution is 7.21. The summed E-state index contributed by atoms with van der Waals surface area (Å²) in [4.78, 5) is 8.05. The van der Waals surface area contributed by atoms with Crippen molar-refractivity contribution in [1.29, 1.82) is 0 Å². The fourth-order valence-corrected chi connectivity index (χ4v) is 5.13. The zero-order valence-corrected chi connectivity index (χ0v) is 16.1. The second kappa shape index (κ2) is 7.17. The van der Waals surface area contributed by atoms with Crippen LogP contribution in [0.25, 0.3) is 21.3 Å². The first kappa shape index (κ1) is 16.6. The number of hydrogen-bond acceptors (Lipinski definition) is 5. The first-order valence-corrected chi connectivity index (χ1v) is 10.3. The Balaban J connectivity index is 1.76. The molecule has 0 bridgehead atoms. The predicted octanol–water partition coefficient (Wildman–Crippen LogP) is 4.90. The molecule has 3 aromatic rings. The molecule has 0 spiro atoms. The second-order valence-electron chi connectivity index (χ2n) is 6.46. The molecule has 0 radical (unpaired) electrons. The normalized spacial score (nSPS) is 15.9. The second-order valence-corrected chi connectivity index (χ2v) is 8.20. The molecule has 0 saturated carbocycles. The molecule has 0 aliphatic carbocycles. The van der Waals surface area contributed by atoms with Gasteiger partial charge in [0.05, 0.1) is 26.5 Å². The highest BCUT2D eigenvalue weighted by Gasteiger charge is 2.20. The van der Waals surface area contributed by atoms with E-state index in [9.17, 15) is 0 Å². The summed E-state index contributed by atoms with van der Waals surface area (Å²) in [5.41, 5.74) is 5.34. The summed E-state index contributed by atoms with van der Waals surface area (Å²) >= 11 is 3.41. The molecule has 1 N–H and O–H groups in total. The van der Waals surface area contributed by atoms with Crippen LogP contribution in [0.3, 0.4) is 0 Å². The van der Waals surface area contributed by atoms with Gasteiger partial charge in [-0.05, 0) is 46.0 Å². The van der Waals surface area contributed by atoms with Crippen LogP contribution in [0.5, 0.6) is 0 Å². The molecule has 2 aromatic heterocycles. The highest BCUT2D eigenvalue weighted by atomic mass is 32.1. The van der Waals surface area contributed by atoms with E-state index >= 15 is 0 Å². The number of fused-ring (bicyclic) bond motifs is 1. The molecule has 1 saturated heterocycles. The van der Waals surface area contributed by atoms with E-state index in [1.807, 2.05) is 12.4 Å². The van der Waals surface area contributed by atoms with Gasteiger partial charge in [0.25, 0.3) is 0 Å². The van der Waals surface area contributed by atoms with E-state index in [-0.39, 0.29) is 0 Å². The van der Waals surface area contributed by atoms with Crippen molar-refractivity contribution in [3.05, 3.63) is 34.0 Å². The van der Waals surface area contributed by atoms with Crippen molar-refractivity contribution >= 4 is 38.4 Å². The maximum Gasteiger partial charge on any atom is 0.0876 e. The lowest BCUT2D eigenvalue weighted by Crippen LogP contribution is -2.36. The standard InChI is InChI=1S/C20H21N3S2/c1-3-5-18-19(17-12-24-13-21-17)15-6-4-7-16(20(15)25-18)22-14-8-10-23(2)11-9-14/h4,6-7,12-14,22H,8-11H2,1-2H3. The number of aromatic nitrogens is 1. The number of thiophene rings is 1. The lowest BCUT2D eigenvalue weighted by Gasteiger charge is -2.30. The van der Waals surface area contributed by atoms with Gasteiger partial charge in [-0.2, -0.15) is 0 Å². The van der Waals surface area contributed by atoms with Gasteiger partial charge < -0.3 is 10.2 Å². The SMILES string of the molecule is CC#Cc1sc2c(NC3CCN(C)CC3)cccc2c1-c1cscn1. The Morgan fingerprint density at radius 2 is 2.12 bits per heavy atom. The third-order valence-corrected chi connectivity index (χ3v) is 6.46. The van der Waals surface area contributed by atoms with Gasteiger partial charge in [0.2, 0.25) is 0 Å². The maximum absolute atomic E-state index is 4.54. The number of rotatable bonds is 3. The van der Waals surface area contributed by atoms with Crippen molar-refractivity contribution in [2.45, 2.75) is 25.8 Å². The van der Waals surface area contributed by atoms with Crippen LogP contribution in [0, 0.1) is 11.8 Å². The van der Waals surface area contributed by atoms with Crippen LogP contribution in [0.1, 0.15) is 24.6 Å². The molecule has 1 aromatic carbocycles. The number of nitrogens with zero attached hydrogens (tertiary/aromatic N) is 2. The monoisotopic (exact) mass is 367 g/mol. The van der Waals surface area contributed by atoms with Crippen molar-refractivity contribution in [3.8, 4) is 23.1 Å². The van der Waals surface area contributed by atoms with E-state index in [0.717, 1.165) is 23.7 Å². The highest BCUT2D eigenvalue weighted by Crippen LogP contribution is 2.41. The smallest absolute Gasteiger partial charge is 0.0876 e. The fourth-order valence-electron chi connectivity index (χ4n) is 3.40. The zero-order chi connectivity index (χ0) is 17.2. The van der Waals surface area contributed by atoms with Crippen LogP contribution in [-0.4, -0.2) is 36.1 Å². The number of benzene rings is 1. The molecule has 1 aliphatic heterocycles. The van der Waals surface area contributed by atoms with E-state index < -0.39 is 0 Å². The Bertz CT molecular complexity index is 923. The summed E-state index contributed by atoms with van der Waals surface area (Å²) in [5, 5.41) is 7.16. The van der Waals surface area contributed by atoms with E-state index in [1.54, 1.807) is 22.7 Å². The quantitative estimate of drug-likeness (QED) is 0.667. The Morgan fingerprint density at radius 3 is 2.84 bits per heavy atom. The number of hydrogen-bond donors (Lipinski definition) is 1. The zero-order valence-electron chi connectivity index (χ0n) is 14.5. The summed E-state index contributed by atoms with van der Waals surface area (Å²) in [6, 6.07) is 7.09. The van der Waals surface area contributed by atoms with Gasteiger partial charge >= 0.3 is 0 Å². The van der Waals surface area contributed by atoms with Crippen molar-refractivity contribution < 1.29 is 0 Å². The number of piperidine rings is 1. The molecule has 3 nitrogen and oxygen atoms in total. The van der Waals surface area contributed by atoms with Gasteiger partial charge in [0.1, 0.15) is 0 Å². The topological polar surface area (TPSA) is 28.2 Å². The van der Waals surface area contributed by atoms with E-state index in [0.29, 0.717) is 6.04 Å². The van der Waals surface area contributed by atoms with Crippen molar-refractivity contribution in [2.75, 3.05) is 25.5 Å². The molecular weight excluding hydrogens is 346 g/mol. The third-order valence-electron chi connectivity index (χ3n) is 4.72. The average molecular weight is 368 g/mol. The molecule has 5 heteroatoms. The Morgan fingerprint density at radius 1 is 1.28 bits per heavy atom. The van der Waals surface area contributed by atoms with Crippen LogP contribution in [0.4, 0.5) is 5.69 Å². The lowest BCUT2D eigenvalue weighted by molar-refractivity contribution is 0.264. The minimum atomic E-state index is 0.548. The molecule has 1 aliphatic rings. The van der Waals surface area contributed by atoms with Crippen LogP contribution in [0.2, 0.25) is 0 Å². The van der Waals surface area contributed by atoms with E-state index in [2.05, 4.69) is 57.7 Å². The number of anilines is 1. The average Bonchev–Trinajstić information content (AvgIpc) is 3.25.